The van der Waals surface area contributed by atoms with Crippen LogP contribution in [0.2, 0.25) is 0 Å². The molecule has 3 aromatic rings. The van der Waals surface area contributed by atoms with Gasteiger partial charge in [-0.05, 0) is 25.3 Å². The average molecular weight is 404 g/mol. The Morgan fingerprint density at radius 3 is 2.89 bits per heavy atom. The molecule has 1 aliphatic rings. The molecular weight excluding hydrogens is 384 g/mol. The number of aromatic nitrogens is 3. The van der Waals surface area contributed by atoms with Crippen LogP contribution in [0.15, 0.2) is 24.0 Å². The van der Waals surface area contributed by atoms with Crippen LogP contribution in [-0.4, -0.2) is 60.7 Å². The molecule has 0 aromatic carbocycles. The SMILES string of the molecule is C[C@@H](O)C(C)(O)C(OCCO)n1cc2c3c(ncnc31)NC(=O)c1sccc1-2. The van der Waals surface area contributed by atoms with Gasteiger partial charge in [0.2, 0.25) is 0 Å². The summed E-state index contributed by atoms with van der Waals surface area (Å²) in [5.41, 5.74) is 0.216. The molecule has 1 aliphatic heterocycles. The van der Waals surface area contributed by atoms with E-state index >= 15 is 0 Å². The van der Waals surface area contributed by atoms with Crippen LogP contribution < -0.4 is 5.32 Å². The number of anilines is 1. The first kappa shape index (κ1) is 19.0. The quantitative estimate of drug-likeness (QED) is 0.488. The molecule has 0 saturated heterocycles. The number of nitrogens with one attached hydrogen (secondary N) is 1. The third kappa shape index (κ3) is 2.81. The highest BCUT2D eigenvalue weighted by Gasteiger charge is 2.41. The van der Waals surface area contributed by atoms with Gasteiger partial charge >= 0.3 is 0 Å². The van der Waals surface area contributed by atoms with Crippen molar-refractivity contribution in [2.24, 2.45) is 0 Å². The number of carbonyl (C=O) groups excluding carboxylic acids is 1. The Kier molecular flexibility index (Phi) is 4.68. The number of thiophene rings is 1. The Morgan fingerprint density at radius 1 is 1.39 bits per heavy atom. The Labute approximate surface area is 164 Å². The number of rotatable bonds is 6. The van der Waals surface area contributed by atoms with Gasteiger partial charge in [0.15, 0.2) is 6.23 Å². The molecule has 1 amide bonds. The fourth-order valence-electron chi connectivity index (χ4n) is 3.33. The second-order valence-electron chi connectivity index (χ2n) is 6.84. The summed E-state index contributed by atoms with van der Waals surface area (Å²) in [7, 11) is 0. The third-order valence-corrected chi connectivity index (χ3v) is 5.88. The second-order valence-corrected chi connectivity index (χ2v) is 7.75. The van der Waals surface area contributed by atoms with Crippen LogP contribution in [-0.2, 0) is 4.74 Å². The minimum atomic E-state index is -1.67. The zero-order valence-corrected chi connectivity index (χ0v) is 16.1. The van der Waals surface area contributed by atoms with E-state index in [1.54, 1.807) is 10.8 Å². The van der Waals surface area contributed by atoms with E-state index < -0.39 is 17.9 Å². The van der Waals surface area contributed by atoms with Crippen molar-refractivity contribution in [2.45, 2.75) is 31.8 Å². The van der Waals surface area contributed by atoms with Crippen molar-refractivity contribution in [2.75, 3.05) is 18.5 Å². The highest BCUT2D eigenvalue weighted by Crippen LogP contribution is 2.42. The van der Waals surface area contributed by atoms with E-state index in [-0.39, 0.29) is 19.1 Å². The van der Waals surface area contributed by atoms with Crippen LogP contribution in [0.1, 0.15) is 29.7 Å². The van der Waals surface area contributed by atoms with Crippen LogP contribution in [0.3, 0.4) is 0 Å². The lowest BCUT2D eigenvalue weighted by Crippen LogP contribution is -2.47. The fraction of sp³-hybridized carbons (Fsp3) is 0.389. The predicted molar refractivity (Wildman–Crippen MR) is 103 cm³/mol. The molecule has 4 N–H and O–H groups in total. The second kappa shape index (κ2) is 6.90. The predicted octanol–water partition coefficient (Wildman–Crippen LogP) is 1.36. The van der Waals surface area contributed by atoms with Crippen LogP contribution in [0.25, 0.3) is 22.2 Å². The number of nitrogens with zero attached hydrogens (tertiary/aromatic N) is 3. The maximum absolute atomic E-state index is 12.5. The zero-order valence-electron chi connectivity index (χ0n) is 15.3. The first-order valence-electron chi connectivity index (χ1n) is 8.74. The van der Waals surface area contributed by atoms with Gasteiger partial charge in [-0.3, -0.25) is 4.79 Å². The van der Waals surface area contributed by atoms with Crippen LogP contribution in [0, 0.1) is 0 Å². The highest BCUT2D eigenvalue weighted by atomic mass is 32.1. The van der Waals surface area contributed by atoms with Crippen LogP contribution >= 0.6 is 11.3 Å². The minimum Gasteiger partial charge on any atom is -0.394 e. The molecule has 148 valence electrons. The van der Waals surface area contributed by atoms with Crippen molar-refractivity contribution in [1.82, 2.24) is 14.5 Å². The summed E-state index contributed by atoms with van der Waals surface area (Å²) in [4.78, 5) is 21.6. The molecule has 4 heterocycles. The number of aliphatic hydroxyl groups excluding tert-OH is 2. The molecule has 4 rings (SSSR count). The van der Waals surface area contributed by atoms with Gasteiger partial charge in [-0.15, -0.1) is 11.3 Å². The normalized spacial score (nSPS) is 17.5. The summed E-state index contributed by atoms with van der Waals surface area (Å²) in [6, 6.07) is 1.84. The van der Waals surface area contributed by atoms with E-state index in [2.05, 4.69) is 15.3 Å². The standard InChI is InChI=1S/C18H20N4O5S/c1-9(24)18(2,26)17(27-5-4-23)22-7-11-10-3-6-28-13(10)16(25)21-14-12(11)15(22)20-8-19-14/h3,6-9,17,23-24,26H,4-5H2,1-2H3,(H,19,20,21,25)/t9-,17?,18?/m1/s1. The monoisotopic (exact) mass is 404 g/mol. The summed E-state index contributed by atoms with van der Waals surface area (Å²) in [5, 5.41) is 35.5. The average Bonchev–Trinajstić information content (AvgIpc) is 3.25. The van der Waals surface area contributed by atoms with Gasteiger partial charge < -0.3 is 29.9 Å². The number of ether oxygens (including phenoxy) is 1. The summed E-state index contributed by atoms with van der Waals surface area (Å²) < 4.78 is 7.32. The molecule has 0 spiro atoms. The number of hydrogen-bond donors (Lipinski definition) is 4. The van der Waals surface area contributed by atoms with Gasteiger partial charge in [-0.2, -0.15) is 0 Å². The van der Waals surface area contributed by atoms with E-state index in [0.29, 0.717) is 21.7 Å². The van der Waals surface area contributed by atoms with Gasteiger partial charge in [0, 0.05) is 17.3 Å². The minimum absolute atomic E-state index is 0.0408. The Balaban J connectivity index is 1.97. The Morgan fingerprint density at radius 2 is 2.18 bits per heavy atom. The lowest BCUT2D eigenvalue weighted by Gasteiger charge is -2.36. The molecule has 10 heteroatoms. The summed E-state index contributed by atoms with van der Waals surface area (Å²) in [6.07, 6.45) is 0.893. The zero-order chi connectivity index (χ0) is 20.1. The van der Waals surface area contributed by atoms with Crippen molar-refractivity contribution < 1.29 is 24.9 Å². The Hall–Kier alpha value is -2.37. The summed E-state index contributed by atoms with van der Waals surface area (Å²) in [5.74, 6) is 0.126. The number of fused-ring (bicyclic) bond motifs is 2. The molecule has 0 aliphatic carbocycles. The molecule has 9 nitrogen and oxygen atoms in total. The lowest BCUT2D eigenvalue weighted by atomic mass is 9.98. The van der Waals surface area contributed by atoms with Crippen molar-refractivity contribution in [3.05, 3.63) is 28.8 Å². The largest absolute Gasteiger partial charge is 0.394 e. The molecular formula is C18H20N4O5S. The van der Waals surface area contributed by atoms with E-state index in [1.165, 1.54) is 31.5 Å². The van der Waals surface area contributed by atoms with E-state index in [0.717, 1.165) is 11.1 Å². The van der Waals surface area contributed by atoms with Gasteiger partial charge in [0.25, 0.3) is 5.91 Å². The maximum atomic E-state index is 12.5. The van der Waals surface area contributed by atoms with Gasteiger partial charge in [-0.25, -0.2) is 9.97 Å². The Bertz CT molecular complexity index is 1040. The number of aliphatic hydroxyl groups is 3. The fourth-order valence-corrected chi connectivity index (χ4v) is 4.13. The molecule has 2 unspecified atom stereocenters. The molecule has 0 saturated carbocycles. The first-order chi connectivity index (χ1) is 13.4. The van der Waals surface area contributed by atoms with Gasteiger partial charge in [0.1, 0.15) is 28.3 Å². The maximum Gasteiger partial charge on any atom is 0.267 e. The smallest absolute Gasteiger partial charge is 0.267 e. The van der Waals surface area contributed by atoms with Crippen LogP contribution in [0.5, 0.6) is 0 Å². The van der Waals surface area contributed by atoms with E-state index in [4.69, 9.17) is 4.74 Å². The van der Waals surface area contributed by atoms with Gasteiger partial charge in [-0.1, -0.05) is 0 Å². The molecule has 3 aromatic heterocycles. The highest BCUT2D eigenvalue weighted by molar-refractivity contribution is 7.12. The van der Waals surface area contributed by atoms with E-state index in [1.807, 2.05) is 11.4 Å². The lowest BCUT2D eigenvalue weighted by molar-refractivity contribution is -0.183. The van der Waals surface area contributed by atoms with Crippen molar-refractivity contribution in [1.29, 1.82) is 0 Å². The van der Waals surface area contributed by atoms with Crippen molar-refractivity contribution >= 4 is 34.1 Å². The van der Waals surface area contributed by atoms with Crippen LogP contribution in [0.4, 0.5) is 5.82 Å². The summed E-state index contributed by atoms with van der Waals surface area (Å²) >= 11 is 1.32. The number of amides is 1. The molecule has 0 fully saturated rings. The third-order valence-electron chi connectivity index (χ3n) is 4.97. The molecule has 0 bridgehead atoms. The topological polar surface area (TPSA) is 130 Å². The first-order valence-corrected chi connectivity index (χ1v) is 9.62. The summed E-state index contributed by atoms with van der Waals surface area (Å²) in [6.45, 7) is 2.63. The number of carbonyl (C=O) groups is 1. The van der Waals surface area contributed by atoms with E-state index in [9.17, 15) is 20.1 Å². The van der Waals surface area contributed by atoms with Crippen molar-refractivity contribution in [3.8, 4) is 11.1 Å². The van der Waals surface area contributed by atoms with Gasteiger partial charge in [0.05, 0.1) is 24.7 Å². The number of hydrogen-bond acceptors (Lipinski definition) is 8. The molecule has 0 radical (unpaired) electrons. The molecule has 28 heavy (non-hydrogen) atoms. The van der Waals surface area contributed by atoms with Crippen molar-refractivity contribution in [3.63, 3.8) is 0 Å². The molecule has 3 atom stereocenters.